The van der Waals surface area contributed by atoms with E-state index in [1.54, 1.807) is 0 Å². The van der Waals surface area contributed by atoms with Gasteiger partial charge in [-0.2, -0.15) is 0 Å². The SMILES string of the molecule is Cc1ccnc(-c2[c-]cc3c(c2)C=CC3(C)C)c1.[Ir]. The van der Waals surface area contributed by atoms with Gasteiger partial charge in [0.1, 0.15) is 0 Å². The average Bonchev–Trinajstić information content (AvgIpc) is 2.65. The molecule has 0 spiro atoms. The zero-order valence-electron chi connectivity index (χ0n) is 11.3. The summed E-state index contributed by atoms with van der Waals surface area (Å²) in [4.78, 5) is 4.42. The van der Waals surface area contributed by atoms with Crippen LogP contribution in [0.3, 0.4) is 0 Å². The van der Waals surface area contributed by atoms with Gasteiger partial charge in [0.25, 0.3) is 0 Å². The van der Waals surface area contributed by atoms with Crippen molar-refractivity contribution >= 4 is 6.08 Å². The summed E-state index contributed by atoms with van der Waals surface area (Å²) in [6.07, 6.45) is 6.30. The van der Waals surface area contributed by atoms with Crippen LogP contribution in [0, 0.1) is 13.0 Å². The van der Waals surface area contributed by atoms with Crippen molar-refractivity contribution < 1.29 is 20.1 Å². The maximum atomic E-state index is 4.42. The molecule has 2 heteroatoms. The maximum absolute atomic E-state index is 4.42. The fraction of sp³-hybridized carbons (Fsp3) is 0.235. The van der Waals surface area contributed by atoms with Crippen LogP contribution in [0.2, 0.25) is 0 Å². The first-order valence-electron chi connectivity index (χ1n) is 6.25. The number of benzene rings is 1. The molecule has 0 bridgehead atoms. The first-order valence-corrected chi connectivity index (χ1v) is 6.25. The van der Waals surface area contributed by atoms with Crippen molar-refractivity contribution in [3.63, 3.8) is 0 Å². The van der Waals surface area contributed by atoms with Gasteiger partial charge in [0.15, 0.2) is 0 Å². The summed E-state index contributed by atoms with van der Waals surface area (Å²) in [5.41, 5.74) is 6.06. The minimum atomic E-state index is 0. The summed E-state index contributed by atoms with van der Waals surface area (Å²) < 4.78 is 0. The fourth-order valence-corrected chi connectivity index (χ4v) is 2.42. The molecule has 0 saturated carbocycles. The van der Waals surface area contributed by atoms with Crippen LogP contribution in [0.5, 0.6) is 0 Å². The van der Waals surface area contributed by atoms with Crippen LogP contribution in [-0.4, -0.2) is 4.98 Å². The Hall–Kier alpha value is -1.24. The zero-order valence-corrected chi connectivity index (χ0v) is 13.7. The predicted octanol–water partition coefficient (Wildman–Crippen LogP) is 4.16. The quantitative estimate of drug-likeness (QED) is 0.624. The number of fused-ring (bicyclic) bond motifs is 1. The van der Waals surface area contributed by atoms with Crippen LogP contribution >= 0.6 is 0 Å². The van der Waals surface area contributed by atoms with E-state index in [1.165, 1.54) is 16.7 Å². The van der Waals surface area contributed by atoms with Gasteiger partial charge in [-0.3, -0.25) is 0 Å². The molecule has 0 fully saturated rings. The third-order valence-corrected chi connectivity index (χ3v) is 3.55. The molecule has 0 N–H and O–H groups in total. The molecule has 0 atom stereocenters. The Morgan fingerprint density at radius 1 is 1.21 bits per heavy atom. The number of hydrogen-bond acceptors (Lipinski definition) is 1. The topological polar surface area (TPSA) is 12.9 Å². The Bertz CT molecular complexity index is 641. The predicted molar refractivity (Wildman–Crippen MR) is 75.3 cm³/mol. The molecule has 1 aliphatic rings. The van der Waals surface area contributed by atoms with Gasteiger partial charge in [0.05, 0.1) is 0 Å². The van der Waals surface area contributed by atoms with Gasteiger partial charge < -0.3 is 4.98 Å². The number of nitrogens with zero attached hydrogens (tertiary/aromatic N) is 1. The van der Waals surface area contributed by atoms with Crippen molar-refractivity contribution in [2.75, 3.05) is 0 Å². The second-order valence-corrected chi connectivity index (χ2v) is 5.49. The molecule has 3 rings (SSSR count). The second kappa shape index (κ2) is 5.03. The Morgan fingerprint density at radius 2 is 2.00 bits per heavy atom. The molecule has 19 heavy (non-hydrogen) atoms. The summed E-state index contributed by atoms with van der Waals surface area (Å²) >= 11 is 0. The monoisotopic (exact) mass is 427 g/mol. The third kappa shape index (κ3) is 2.56. The van der Waals surface area contributed by atoms with E-state index in [9.17, 15) is 0 Å². The molecule has 0 unspecified atom stereocenters. The first-order chi connectivity index (χ1) is 8.56. The minimum Gasteiger partial charge on any atom is -0.305 e. The van der Waals surface area contributed by atoms with Crippen LogP contribution < -0.4 is 0 Å². The van der Waals surface area contributed by atoms with Crippen LogP contribution in [0.1, 0.15) is 30.5 Å². The van der Waals surface area contributed by atoms with Crippen molar-refractivity contribution in [2.24, 2.45) is 0 Å². The molecule has 1 aromatic heterocycles. The molecular formula is C17H16IrN-. The Labute approximate surface area is 128 Å². The Balaban J connectivity index is 0.00000133. The number of aryl methyl sites for hydroxylation is 1. The van der Waals surface area contributed by atoms with E-state index in [2.05, 4.69) is 62.2 Å². The second-order valence-electron chi connectivity index (χ2n) is 5.49. The number of hydrogen-bond donors (Lipinski definition) is 0. The molecular weight excluding hydrogens is 410 g/mol. The molecule has 99 valence electrons. The summed E-state index contributed by atoms with van der Waals surface area (Å²) in [7, 11) is 0. The van der Waals surface area contributed by atoms with Crippen molar-refractivity contribution in [1.29, 1.82) is 0 Å². The van der Waals surface area contributed by atoms with Gasteiger partial charge in [0.2, 0.25) is 0 Å². The molecule has 0 amide bonds. The van der Waals surface area contributed by atoms with E-state index in [1.807, 2.05) is 12.3 Å². The van der Waals surface area contributed by atoms with E-state index in [0.717, 1.165) is 11.3 Å². The molecule has 1 radical (unpaired) electrons. The van der Waals surface area contributed by atoms with Gasteiger partial charge in [0, 0.05) is 26.3 Å². The number of rotatable bonds is 1. The normalized spacial score (nSPS) is 14.9. The van der Waals surface area contributed by atoms with Crippen LogP contribution in [0.4, 0.5) is 0 Å². The minimum absolute atomic E-state index is 0. The summed E-state index contributed by atoms with van der Waals surface area (Å²) in [5.74, 6) is 0. The first kappa shape index (κ1) is 14.2. The van der Waals surface area contributed by atoms with Gasteiger partial charge in [-0.05, 0) is 24.1 Å². The largest absolute Gasteiger partial charge is 0.305 e. The zero-order chi connectivity index (χ0) is 12.8. The molecule has 2 aromatic rings. The standard InChI is InChI=1S/C17H16N.Ir/c1-12-7-9-18-16(10-12)14-4-5-15-13(11-14)6-8-17(15,2)3;/h5-11H,1-3H3;/q-1;. The van der Waals surface area contributed by atoms with Crippen molar-refractivity contribution in [1.82, 2.24) is 4.98 Å². The van der Waals surface area contributed by atoms with Gasteiger partial charge >= 0.3 is 0 Å². The number of aromatic nitrogens is 1. The molecule has 1 heterocycles. The van der Waals surface area contributed by atoms with Gasteiger partial charge in [-0.25, -0.2) is 0 Å². The van der Waals surface area contributed by atoms with E-state index < -0.39 is 0 Å². The van der Waals surface area contributed by atoms with Crippen molar-refractivity contribution in [2.45, 2.75) is 26.2 Å². The van der Waals surface area contributed by atoms with E-state index >= 15 is 0 Å². The number of allylic oxidation sites excluding steroid dienone is 1. The third-order valence-electron chi connectivity index (χ3n) is 3.55. The average molecular weight is 427 g/mol. The molecule has 1 nitrogen and oxygen atoms in total. The van der Waals surface area contributed by atoms with Gasteiger partial charge in [-0.1, -0.05) is 37.6 Å². The summed E-state index contributed by atoms with van der Waals surface area (Å²) in [6, 6.07) is 11.8. The molecule has 0 saturated heterocycles. The van der Waals surface area contributed by atoms with E-state index in [-0.39, 0.29) is 25.5 Å². The smallest absolute Gasteiger partial charge is 0.0163 e. The molecule has 1 aliphatic carbocycles. The van der Waals surface area contributed by atoms with E-state index in [4.69, 9.17) is 0 Å². The maximum Gasteiger partial charge on any atom is 0.0163 e. The molecule has 0 aliphatic heterocycles. The summed E-state index contributed by atoms with van der Waals surface area (Å²) in [6.45, 7) is 6.54. The van der Waals surface area contributed by atoms with Crippen LogP contribution in [-0.2, 0) is 25.5 Å². The summed E-state index contributed by atoms with van der Waals surface area (Å²) in [5, 5.41) is 0. The van der Waals surface area contributed by atoms with Crippen LogP contribution in [0.25, 0.3) is 17.3 Å². The molecule has 1 aromatic carbocycles. The van der Waals surface area contributed by atoms with Crippen molar-refractivity contribution in [3.05, 3.63) is 59.3 Å². The number of pyridine rings is 1. The Morgan fingerprint density at radius 3 is 2.74 bits per heavy atom. The van der Waals surface area contributed by atoms with E-state index in [0.29, 0.717) is 0 Å². The fourth-order valence-electron chi connectivity index (χ4n) is 2.42. The van der Waals surface area contributed by atoms with Gasteiger partial charge in [-0.15, -0.1) is 34.9 Å². The van der Waals surface area contributed by atoms with Crippen molar-refractivity contribution in [3.8, 4) is 11.3 Å². The Kier molecular flexibility index (Phi) is 3.75. The van der Waals surface area contributed by atoms with Crippen LogP contribution in [0.15, 0.2) is 36.5 Å².